The molecule has 0 radical (unpaired) electrons. The molecular weight excluding hydrogens is 326 g/mol. The first-order valence-corrected chi connectivity index (χ1v) is 6.61. The summed E-state index contributed by atoms with van der Waals surface area (Å²) in [5.74, 6) is 0.234. The van der Waals surface area contributed by atoms with E-state index in [-0.39, 0.29) is 18.4 Å². The van der Waals surface area contributed by atoms with Crippen molar-refractivity contribution in [3.8, 4) is 0 Å². The van der Waals surface area contributed by atoms with Gasteiger partial charge in [-0.3, -0.25) is 9.59 Å². The molecule has 0 saturated heterocycles. The van der Waals surface area contributed by atoms with Crippen molar-refractivity contribution in [1.29, 1.82) is 0 Å². The summed E-state index contributed by atoms with van der Waals surface area (Å²) < 4.78 is 5.70. The molecule has 0 aliphatic carbocycles. The van der Waals surface area contributed by atoms with Crippen molar-refractivity contribution in [2.75, 3.05) is 11.9 Å². The summed E-state index contributed by atoms with van der Waals surface area (Å²) in [6, 6.07) is 8.44. The fraction of sp³-hybridized carbons (Fsp3) is 0.154. The average molecular weight is 338 g/mol. The SMILES string of the molecule is Cc1cc(NC(=O)CNC(=O)c2ccc(Br)cc2)no1. The van der Waals surface area contributed by atoms with Crippen molar-refractivity contribution < 1.29 is 14.1 Å². The first-order valence-electron chi connectivity index (χ1n) is 5.81. The number of anilines is 1. The zero-order valence-electron chi connectivity index (χ0n) is 10.6. The quantitative estimate of drug-likeness (QED) is 0.894. The maximum atomic E-state index is 11.8. The third kappa shape index (κ3) is 3.92. The predicted molar refractivity (Wildman–Crippen MR) is 76.3 cm³/mol. The number of carbonyl (C=O) groups is 2. The lowest BCUT2D eigenvalue weighted by Crippen LogP contribution is -2.32. The highest BCUT2D eigenvalue weighted by molar-refractivity contribution is 9.10. The van der Waals surface area contributed by atoms with Crippen LogP contribution in [0.15, 0.2) is 39.3 Å². The van der Waals surface area contributed by atoms with Gasteiger partial charge in [0, 0.05) is 16.1 Å². The number of aromatic nitrogens is 1. The Hall–Kier alpha value is -2.15. The standard InChI is InChI=1S/C13H12BrN3O3/c1-8-6-11(17-20-8)16-12(18)7-15-13(19)9-2-4-10(14)5-3-9/h2-6H,7H2,1H3,(H,15,19)(H,16,17,18). The summed E-state index contributed by atoms with van der Waals surface area (Å²) in [6.07, 6.45) is 0. The summed E-state index contributed by atoms with van der Waals surface area (Å²) in [4.78, 5) is 23.4. The van der Waals surface area contributed by atoms with E-state index in [4.69, 9.17) is 4.52 Å². The molecule has 2 N–H and O–H groups in total. The van der Waals surface area contributed by atoms with Crippen molar-refractivity contribution in [2.45, 2.75) is 6.92 Å². The second-order valence-electron chi connectivity index (χ2n) is 4.06. The first-order chi connectivity index (χ1) is 9.54. The van der Waals surface area contributed by atoms with Gasteiger partial charge >= 0.3 is 0 Å². The molecule has 1 aromatic carbocycles. The third-order valence-electron chi connectivity index (χ3n) is 2.41. The van der Waals surface area contributed by atoms with Crippen LogP contribution < -0.4 is 10.6 Å². The van der Waals surface area contributed by atoms with E-state index in [9.17, 15) is 9.59 Å². The number of rotatable bonds is 4. The minimum absolute atomic E-state index is 0.138. The van der Waals surface area contributed by atoms with Gasteiger partial charge in [-0.1, -0.05) is 21.1 Å². The van der Waals surface area contributed by atoms with Crippen LogP contribution in [0.5, 0.6) is 0 Å². The summed E-state index contributed by atoms with van der Waals surface area (Å²) in [5, 5.41) is 8.66. The highest BCUT2D eigenvalue weighted by Gasteiger charge is 2.09. The van der Waals surface area contributed by atoms with Crippen LogP contribution in [0, 0.1) is 6.92 Å². The van der Waals surface area contributed by atoms with Crippen LogP contribution in [0.3, 0.4) is 0 Å². The van der Waals surface area contributed by atoms with Gasteiger partial charge in [-0.05, 0) is 31.2 Å². The summed E-state index contributed by atoms with van der Waals surface area (Å²) in [5.41, 5.74) is 0.485. The molecule has 0 unspecified atom stereocenters. The molecule has 0 fully saturated rings. The van der Waals surface area contributed by atoms with Crippen molar-refractivity contribution in [3.63, 3.8) is 0 Å². The van der Waals surface area contributed by atoms with Crippen LogP contribution >= 0.6 is 15.9 Å². The van der Waals surface area contributed by atoms with Gasteiger partial charge in [0.1, 0.15) is 5.76 Å². The Balaban J connectivity index is 1.84. The number of halogens is 1. The molecule has 1 heterocycles. The topological polar surface area (TPSA) is 84.2 Å². The fourth-order valence-corrected chi connectivity index (χ4v) is 1.74. The van der Waals surface area contributed by atoms with E-state index >= 15 is 0 Å². The van der Waals surface area contributed by atoms with Crippen molar-refractivity contribution in [1.82, 2.24) is 10.5 Å². The monoisotopic (exact) mass is 337 g/mol. The number of aryl methyl sites for hydroxylation is 1. The summed E-state index contributed by atoms with van der Waals surface area (Å²) in [6.45, 7) is 1.58. The number of amides is 2. The first kappa shape index (κ1) is 14.3. The number of benzene rings is 1. The lowest BCUT2D eigenvalue weighted by molar-refractivity contribution is -0.115. The molecule has 0 saturated carbocycles. The molecule has 2 amide bonds. The van der Waals surface area contributed by atoms with Gasteiger partial charge in [0.05, 0.1) is 6.54 Å². The molecular formula is C13H12BrN3O3. The number of carbonyl (C=O) groups excluding carboxylic acids is 2. The maximum Gasteiger partial charge on any atom is 0.251 e. The molecule has 2 aromatic rings. The number of nitrogens with one attached hydrogen (secondary N) is 2. The fourth-order valence-electron chi connectivity index (χ4n) is 1.48. The molecule has 6 nitrogen and oxygen atoms in total. The smallest absolute Gasteiger partial charge is 0.251 e. The van der Waals surface area contributed by atoms with Gasteiger partial charge in [0.15, 0.2) is 5.82 Å². The second kappa shape index (κ2) is 6.33. The lowest BCUT2D eigenvalue weighted by atomic mass is 10.2. The van der Waals surface area contributed by atoms with Crippen LogP contribution in [0.1, 0.15) is 16.1 Å². The van der Waals surface area contributed by atoms with Crippen LogP contribution in [-0.2, 0) is 4.79 Å². The lowest BCUT2D eigenvalue weighted by Gasteiger charge is -2.05. The van der Waals surface area contributed by atoms with Crippen LogP contribution in [0.2, 0.25) is 0 Å². The molecule has 2 rings (SSSR count). The zero-order valence-corrected chi connectivity index (χ0v) is 12.2. The van der Waals surface area contributed by atoms with Gasteiger partial charge in [-0.2, -0.15) is 0 Å². The third-order valence-corrected chi connectivity index (χ3v) is 2.94. The molecule has 20 heavy (non-hydrogen) atoms. The minimum Gasteiger partial charge on any atom is -0.360 e. The van der Waals surface area contributed by atoms with E-state index in [1.807, 2.05) is 0 Å². The molecule has 0 spiro atoms. The van der Waals surface area contributed by atoms with Crippen LogP contribution in [0.25, 0.3) is 0 Å². The molecule has 104 valence electrons. The number of nitrogens with zero attached hydrogens (tertiary/aromatic N) is 1. The Bertz CT molecular complexity index is 622. The molecule has 0 aliphatic heterocycles. The van der Waals surface area contributed by atoms with Crippen molar-refractivity contribution in [2.24, 2.45) is 0 Å². The Kier molecular flexibility index (Phi) is 4.52. The highest BCUT2D eigenvalue weighted by atomic mass is 79.9. The minimum atomic E-state index is -0.372. The van der Waals surface area contributed by atoms with Crippen LogP contribution in [0.4, 0.5) is 5.82 Å². The zero-order chi connectivity index (χ0) is 14.5. The van der Waals surface area contributed by atoms with E-state index in [0.717, 1.165) is 4.47 Å². The van der Waals surface area contributed by atoms with Gasteiger partial charge in [0.2, 0.25) is 5.91 Å². The largest absolute Gasteiger partial charge is 0.360 e. The normalized spacial score (nSPS) is 10.1. The van der Waals surface area contributed by atoms with E-state index in [2.05, 4.69) is 31.7 Å². The predicted octanol–water partition coefficient (Wildman–Crippen LogP) is 2.11. The molecule has 0 aliphatic rings. The van der Waals surface area contributed by atoms with Crippen molar-refractivity contribution >= 4 is 33.6 Å². The van der Waals surface area contributed by atoms with Gasteiger partial charge in [0.25, 0.3) is 5.91 Å². The van der Waals surface area contributed by atoms with E-state index in [1.54, 1.807) is 37.3 Å². The van der Waals surface area contributed by atoms with E-state index in [1.165, 1.54) is 0 Å². The van der Waals surface area contributed by atoms with E-state index in [0.29, 0.717) is 17.1 Å². The highest BCUT2D eigenvalue weighted by Crippen LogP contribution is 2.10. The van der Waals surface area contributed by atoms with Crippen molar-refractivity contribution in [3.05, 3.63) is 46.1 Å². The molecule has 0 bridgehead atoms. The van der Waals surface area contributed by atoms with Gasteiger partial charge in [-0.25, -0.2) is 0 Å². The molecule has 1 aromatic heterocycles. The number of hydrogen-bond acceptors (Lipinski definition) is 4. The average Bonchev–Trinajstić information content (AvgIpc) is 2.82. The second-order valence-corrected chi connectivity index (χ2v) is 4.98. The summed E-state index contributed by atoms with van der Waals surface area (Å²) in [7, 11) is 0. The number of hydrogen-bond donors (Lipinski definition) is 2. The molecule has 0 atom stereocenters. The Labute approximate surface area is 123 Å². The van der Waals surface area contributed by atoms with E-state index < -0.39 is 0 Å². The van der Waals surface area contributed by atoms with Gasteiger partial charge < -0.3 is 15.2 Å². The Morgan fingerprint density at radius 2 is 2.00 bits per heavy atom. The van der Waals surface area contributed by atoms with Crippen LogP contribution in [-0.4, -0.2) is 23.5 Å². The van der Waals surface area contributed by atoms with Gasteiger partial charge in [-0.15, -0.1) is 0 Å². The maximum absolute atomic E-state index is 11.8. The Morgan fingerprint density at radius 3 is 2.60 bits per heavy atom. The summed E-state index contributed by atoms with van der Waals surface area (Å²) >= 11 is 3.28. The Morgan fingerprint density at radius 1 is 1.30 bits per heavy atom. The molecule has 7 heteroatoms.